The predicted molar refractivity (Wildman–Crippen MR) is 99.4 cm³/mol. The molecule has 0 bridgehead atoms. The predicted octanol–water partition coefficient (Wildman–Crippen LogP) is 5.50. The maximum absolute atomic E-state index is 5.99. The zero-order valence-corrected chi connectivity index (χ0v) is 14.7. The molecular weight excluding hydrogens is 296 g/mol. The normalized spacial score (nSPS) is 11.1. The van der Waals surface area contributed by atoms with Crippen LogP contribution in [0, 0.1) is 6.92 Å². The summed E-state index contributed by atoms with van der Waals surface area (Å²) in [7, 11) is 0. The van der Waals surface area contributed by atoms with Gasteiger partial charge in [-0.3, -0.25) is 0 Å². The molecule has 0 radical (unpaired) electrons. The lowest BCUT2D eigenvalue weighted by Gasteiger charge is -2.11. The number of fused-ring (bicyclic) bond motifs is 1. The molecule has 0 unspecified atom stereocenters. The number of benzene rings is 2. The van der Waals surface area contributed by atoms with Crippen molar-refractivity contribution in [3.63, 3.8) is 0 Å². The van der Waals surface area contributed by atoms with Crippen LogP contribution in [0.15, 0.2) is 48.5 Å². The first-order valence-electron chi connectivity index (χ1n) is 8.91. The monoisotopic (exact) mass is 322 g/mol. The number of aromatic nitrogens is 2. The van der Waals surface area contributed by atoms with Gasteiger partial charge in [0.25, 0.3) is 0 Å². The second-order valence-corrected chi connectivity index (χ2v) is 6.33. The Morgan fingerprint density at radius 3 is 2.71 bits per heavy atom. The molecule has 126 valence electrons. The Morgan fingerprint density at radius 1 is 1.00 bits per heavy atom. The van der Waals surface area contributed by atoms with Crippen LogP contribution in [-0.4, -0.2) is 9.55 Å². The number of imidazole rings is 1. The first kappa shape index (κ1) is 16.6. The van der Waals surface area contributed by atoms with Crippen LogP contribution in [0.1, 0.15) is 44.0 Å². The Balaban J connectivity index is 1.77. The van der Waals surface area contributed by atoms with Gasteiger partial charge in [-0.1, -0.05) is 50.5 Å². The van der Waals surface area contributed by atoms with Crippen molar-refractivity contribution in [2.24, 2.45) is 0 Å². The number of unbranched alkanes of at least 4 members (excludes halogenated alkanes) is 3. The van der Waals surface area contributed by atoms with Crippen molar-refractivity contribution >= 4 is 11.0 Å². The van der Waals surface area contributed by atoms with Gasteiger partial charge in [-0.25, -0.2) is 4.98 Å². The van der Waals surface area contributed by atoms with Crippen LogP contribution in [-0.2, 0) is 13.2 Å². The number of nitrogens with zero attached hydrogens (tertiary/aromatic N) is 2. The molecule has 1 heterocycles. The third kappa shape index (κ3) is 3.97. The first-order chi connectivity index (χ1) is 11.8. The summed E-state index contributed by atoms with van der Waals surface area (Å²) in [6, 6.07) is 16.5. The average molecular weight is 322 g/mol. The molecule has 0 N–H and O–H groups in total. The minimum Gasteiger partial charge on any atom is -0.486 e. The zero-order valence-electron chi connectivity index (χ0n) is 14.7. The molecule has 3 aromatic rings. The first-order valence-corrected chi connectivity index (χ1v) is 8.91. The molecule has 0 saturated heterocycles. The lowest BCUT2D eigenvalue weighted by Crippen LogP contribution is -2.07. The van der Waals surface area contributed by atoms with Crippen LogP contribution in [0.25, 0.3) is 11.0 Å². The number of ether oxygens (including phenoxy) is 1. The molecule has 24 heavy (non-hydrogen) atoms. The molecule has 0 aliphatic rings. The largest absolute Gasteiger partial charge is 0.486 e. The van der Waals surface area contributed by atoms with E-state index in [1.54, 1.807) is 0 Å². The van der Waals surface area contributed by atoms with Gasteiger partial charge in [0.05, 0.1) is 11.0 Å². The lowest BCUT2D eigenvalue weighted by molar-refractivity contribution is 0.289. The van der Waals surface area contributed by atoms with E-state index in [1.807, 2.05) is 18.2 Å². The van der Waals surface area contributed by atoms with Gasteiger partial charge < -0.3 is 9.30 Å². The van der Waals surface area contributed by atoms with Crippen molar-refractivity contribution in [3.8, 4) is 5.75 Å². The Hall–Kier alpha value is -2.29. The van der Waals surface area contributed by atoms with Gasteiger partial charge in [0.15, 0.2) is 0 Å². The van der Waals surface area contributed by atoms with E-state index in [0.717, 1.165) is 23.6 Å². The summed E-state index contributed by atoms with van der Waals surface area (Å²) >= 11 is 0. The summed E-state index contributed by atoms with van der Waals surface area (Å²) < 4.78 is 8.31. The fourth-order valence-corrected chi connectivity index (χ4v) is 3.03. The maximum atomic E-state index is 5.99. The molecule has 0 aliphatic carbocycles. The number of para-hydroxylation sites is 2. The average Bonchev–Trinajstić information content (AvgIpc) is 2.95. The Labute approximate surface area is 144 Å². The Kier molecular flexibility index (Phi) is 5.52. The number of aryl methyl sites for hydroxylation is 2. The SMILES string of the molecule is CCCCCCn1c(COc2cccc(C)c2)nc2ccccc21. The molecule has 2 aromatic carbocycles. The van der Waals surface area contributed by atoms with E-state index >= 15 is 0 Å². The van der Waals surface area contributed by atoms with Crippen molar-refractivity contribution in [2.45, 2.75) is 52.7 Å². The molecule has 0 spiro atoms. The highest BCUT2D eigenvalue weighted by molar-refractivity contribution is 5.75. The summed E-state index contributed by atoms with van der Waals surface area (Å²) in [5, 5.41) is 0. The molecule has 3 rings (SSSR count). The highest BCUT2D eigenvalue weighted by Crippen LogP contribution is 2.20. The van der Waals surface area contributed by atoms with E-state index in [-0.39, 0.29) is 0 Å². The second kappa shape index (κ2) is 8.00. The molecule has 0 fully saturated rings. The van der Waals surface area contributed by atoms with Crippen LogP contribution < -0.4 is 4.74 Å². The van der Waals surface area contributed by atoms with Crippen LogP contribution in [0.4, 0.5) is 0 Å². The van der Waals surface area contributed by atoms with Gasteiger partial charge in [0, 0.05) is 6.54 Å². The van der Waals surface area contributed by atoms with E-state index in [2.05, 4.69) is 48.7 Å². The van der Waals surface area contributed by atoms with Gasteiger partial charge in [0.2, 0.25) is 0 Å². The highest BCUT2D eigenvalue weighted by atomic mass is 16.5. The molecule has 0 amide bonds. The summed E-state index contributed by atoms with van der Waals surface area (Å²) in [6.45, 7) is 5.84. The molecule has 0 aliphatic heterocycles. The van der Waals surface area contributed by atoms with Crippen LogP contribution >= 0.6 is 0 Å². The van der Waals surface area contributed by atoms with Crippen molar-refractivity contribution in [1.29, 1.82) is 0 Å². The van der Waals surface area contributed by atoms with Gasteiger partial charge in [-0.2, -0.15) is 0 Å². The quantitative estimate of drug-likeness (QED) is 0.512. The van der Waals surface area contributed by atoms with Crippen molar-refractivity contribution in [2.75, 3.05) is 0 Å². The Bertz CT molecular complexity index is 791. The van der Waals surface area contributed by atoms with Gasteiger partial charge in [-0.15, -0.1) is 0 Å². The summed E-state index contributed by atoms with van der Waals surface area (Å²) in [4.78, 5) is 4.79. The van der Waals surface area contributed by atoms with Crippen molar-refractivity contribution < 1.29 is 4.74 Å². The number of rotatable bonds is 8. The van der Waals surface area contributed by atoms with Crippen molar-refractivity contribution in [1.82, 2.24) is 9.55 Å². The summed E-state index contributed by atoms with van der Waals surface area (Å²) in [5.74, 6) is 1.91. The minimum atomic E-state index is 0.506. The smallest absolute Gasteiger partial charge is 0.147 e. The highest BCUT2D eigenvalue weighted by Gasteiger charge is 2.10. The van der Waals surface area contributed by atoms with E-state index < -0.39 is 0 Å². The zero-order chi connectivity index (χ0) is 16.8. The van der Waals surface area contributed by atoms with Crippen LogP contribution in [0.5, 0.6) is 5.75 Å². The molecule has 0 saturated carbocycles. The molecule has 0 atom stereocenters. The standard InChI is InChI=1S/C21H26N2O/c1-3-4-5-8-14-23-20-13-7-6-12-19(20)22-21(23)16-24-18-11-9-10-17(2)15-18/h6-7,9-13,15H,3-5,8,14,16H2,1-2H3. The van der Waals surface area contributed by atoms with Crippen molar-refractivity contribution in [3.05, 3.63) is 59.9 Å². The van der Waals surface area contributed by atoms with Gasteiger partial charge in [0.1, 0.15) is 18.2 Å². The van der Waals surface area contributed by atoms with Crippen LogP contribution in [0.3, 0.4) is 0 Å². The minimum absolute atomic E-state index is 0.506. The number of hydrogen-bond donors (Lipinski definition) is 0. The van der Waals surface area contributed by atoms with E-state index in [4.69, 9.17) is 9.72 Å². The molecule has 3 heteroatoms. The topological polar surface area (TPSA) is 27.1 Å². The fourth-order valence-electron chi connectivity index (χ4n) is 3.03. The van der Waals surface area contributed by atoms with E-state index in [9.17, 15) is 0 Å². The summed E-state index contributed by atoms with van der Waals surface area (Å²) in [5.41, 5.74) is 3.47. The number of hydrogen-bond acceptors (Lipinski definition) is 2. The molecule has 1 aromatic heterocycles. The fraction of sp³-hybridized carbons (Fsp3) is 0.381. The second-order valence-electron chi connectivity index (χ2n) is 6.33. The van der Waals surface area contributed by atoms with Crippen LogP contribution in [0.2, 0.25) is 0 Å². The van der Waals surface area contributed by atoms with E-state index in [1.165, 1.54) is 36.8 Å². The summed E-state index contributed by atoms with van der Waals surface area (Å²) in [6.07, 6.45) is 5.00. The maximum Gasteiger partial charge on any atom is 0.147 e. The third-order valence-electron chi connectivity index (χ3n) is 4.33. The van der Waals surface area contributed by atoms with Gasteiger partial charge in [-0.05, 0) is 43.2 Å². The molecular formula is C21H26N2O. The third-order valence-corrected chi connectivity index (χ3v) is 4.33. The van der Waals surface area contributed by atoms with E-state index in [0.29, 0.717) is 6.61 Å². The van der Waals surface area contributed by atoms with Gasteiger partial charge >= 0.3 is 0 Å². The lowest BCUT2D eigenvalue weighted by atomic mass is 10.2. The molecule has 3 nitrogen and oxygen atoms in total. The Morgan fingerprint density at radius 2 is 1.88 bits per heavy atom.